The quantitative estimate of drug-likeness (QED) is 0.766. The fraction of sp³-hybridized carbons (Fsp3) is 0.381. The minimum absolute atomic E-state index is 0.0570. The minimum atomic E-state index is -4.34. The van der Waals surface area contributed by atoms with Crippen LogP contribution in [0.25, 0.3) is 0 Å². The highest BCUT2D eigenvalue weighted by molar-refractivity contribution is 5.76. The van der Waals surface area contributed by atoms with E-state index in [2.05, 4.69) is 5.32 Å². The van der Waals surface area contributed by atoms with Crippen LogP contribution in [0.5, 0.6) is 5.75 Å². The lowest BCUT2D eigenvalue weighted by molar-refractivity contribution is -0.892. The van der Waals surface area contributed by atoms with E-state index in [4.69, 9.17) is 4.74 Å². The molecule has 2 aromatic carbocycles. The van der Waals surface area contributed by atoms with Gasteiger partial charge >= 0.3 is 6.18 Å². The first-order chi connectivity index (χ1) is 13.9. The summed E-state index contributed by atoms with van der Waals surface area (Å²) in [5.41, 5.74) is 0.840. The van der Waals surface area contributed by atoms with Crippen molar-refractivity contribution in [1.29, 1.82) is 0 Å². The predicted molar refractivity (Wildman–Crippen MR) is 104 cm³/mol. The third kappa shape index (κ3) is 5.63. The number of para-hydroxylation sites is 1. The summed E-state index contributed by atoms with van der Waals surface area (Å²) in [5, 5.41) is 2.91. The summed E-state index contributed by atoms with van der Waals surface area (Å²) in [6, 6.07) is 12.9. The molecule has 156 valence electrons. The van der Waals surface area contributed by atoms with E-state index in [-0.39, 0.29) is 5.91 Å². The smallest absolute Gasteiger partial charge is 0.416 e. The number of quaternary nitrogens is 1. The summed E-state index contributed by atoms with van der Waals surface area (Å²) in [6.45, 7) is 3.33. The van der Waals surface area contributed by atoms with Crippen LogP contribution in [-0.4, -0.2) is 45.7 Å². The largest absolute Gasteiger partial charge is 0.496 e. The molecule has 1 heterocycles. The van der Waals surface area contributed by atoms with Gasteiger partial charge in [0.1, 0.15) is 5.75 Å². The molecular formula is C21H25F3N3O2+. The van der Waals surface area contributed by atoms with Crippen LogP contribution in [0.2, 0.25) is 0 Å². The number of carbonyl (C=O) groups excluding carboxylic acids is 1. The summed E-state index contributed by atoms with van der Waals surface area (Å²) in [7, 11) is 1.59. The zero-order chi connectivity index (χ0) is 20.9. The first kappa shape index (κ1) is 21.0. The lowest BCUT2D eigenvalue weighted by atomic mass is 10.1. The first-order valence-electron chi connectivity index (χ1n) is 9.51. The molecule has 0 unspecified atom stereocenters. The highest BCUT2D eigenvalue weighted by atomic mass is 19.4. The van der Waals surface area contributed by atoms with E-state index in [0.29, 0.717) is 45.0 Å². The second-order valence-corrected chi connectivity index (χ2v) is 7.05. The zero-order valence-corrected chi connectivity index (χ0v) is 16.3. The van der Waals surface area contributed by atoms with Gasteiger partial charge in [-0.15, -0.1) is 0 Å². The van der Waals surface area contributed by atoms with E-state index in [9.17, 15) is 18.0 Å². The highest BCUT2D eigenvalue weighted by Gasteiger charge is 2.31. The van der Waals surface area contributed by atoms with Crippen molar-refractivity contribution >= 4 is 11.6 Å². The maximum atomic E-state index is 12.9. The molecule has 0 saturated carbocycles. The standard InChI is InChI=1S/C21H24F3N3O2/c1-29-19-8-3-2-5-16(19)14-25-20(28)15-26-9-11-27(12-10-26)18-7-4-6-17(13-18)21(22,23)24/h2-8,13H,9-12,14-15H2,1H3,(H,25,28)/p+1. The average molecular weight is 408 g/mol. The van der Waals surface area contributed by atoms with Gasteiger partial charge in [0.2, 0.25) is 0 Å². The predicted octanol–water partition coefficient (Wildman–Crippen LogP) is 1.74. The molecule has 1 fully saturated rings. The van der Waals surface area contributed by atoms with Gasteiger partial charge in [-0.1, -0.05) is 24.3 Å². The molecule has 1 amide bonds. The molecule has 8 heteroatoms. The van der Waals surface area contributed by atoms with Crippen molar-refractivity contribution in [2.75, 3.05) is 44.7 Å². The van der Waals surface area contributed by atoms with E-state index in [0.717, 1.165) is 22.3 Å². The van der Waals surface area contributed by atoms with Crippen molar-refractivity contribution in [3.8, 4) is 5.75 Å². The number of benzene rings is 2. The van der Waals surface area contributed by atoms with E-state index in [1.54, 1.807) is 13.2 Å². The molecule has 2 N–H and O–H groups in total. The van der Waals surface area contributed by atoms with Gasteiger partial charge in [-0.3, -0.25) is 4.79 Å². The number of methoxy groups -OCH3 is 1. The Labute approximate surface area is 168 Å². The van der Waals surface area contributed by atoms with Crippen molar-refractivity contribution in [3.63, 3.8) is 0 Å². The number of amides is 1. The molecule has 0 aromatic heterocycles. The molecule has 0 spiro atoms. The third-order valence-electron chi connectivity index (χ3n) is 5.09. The SMILES string of the molecule is COc1ccccc1CNC(=O)C[NH+]1CCN(c2cccc(C(F)(F)F)c2)CC1. The van der Waals surface area contributed by atoms with Gasteiger partial charge in [-0.2, -0.15) is 13.2 Å². The van der Waals surface area contributed by atoms with Gasteiger partial charge < -0.3 is 19.9 Å². The summed E-state index contributed by atoms with van der Waals surface area (Å²) in [6.07, 6.45) is -4.34. The molecule has 0 aliphatic carbocycles. The maximum Gasteiger partial charge on any atom is 0.416 e. The van der Waals surface area contributed by atoms with Crippen LogP contribution in [0.4, 0.5) is 18.9 Å². The van der Waals surface area contributed by atoms with E-state index in [1.165, 1.54) is 12.1 Å². The number of hydrogen-bond acceptors (Lipinski definition) is 3. The number of carbonyl (C=O) groups is 1. The number of nitrogens with one attached hydrogen (secondary N) is 2. The van der Waals surface area contributed by atoms with Crippen LogP contribution in [0.1, 0.15) is 11.1 Å². The molecule has 2 aromatic rings. The van der Waals surface area contributed by atoms with Crippen molar-refractivity contribution in [1.82, 2.24) is 5.32 Å². The average Bonchev–Trinajstić information content (AvgIpc) is 2.72. The molecule has 1 aliphatic rings. The Hall–Kier alpha value is -2.74. The van der Waals surface area contributed by atoms with Gasteiger partial charge in [0.15, 0.2) is 6.54 Å². The van der Waals surface area contributed by atoms with E-state index < -0.39 is 11.7 Å². The monoisotopic (exact) mass is 408 g/mol. The number of piperazine rings is 1. The lowest BCUT2D eigenvalue weighted by Gasteiger charge is -2.33. The number of rotatable bonds is 6. The fourth-order valence-corrected chi connectivity index (χ4v) is 3.47. The number of ether oxygens (including phenoxy) is 1. The Morgan fingerprint density at radius 2 is 1.86 bits per heavy atom. The third-order valence-corrected chi connectivity index (χ3v) is 5.09. The first-order valence-corrected chi connectivity index (χ1v) is 9.51. The van der Waals surface area contributed by atoms with Gasteiger partial charge in [0.05, 0.1) is 38.9 Å². The van der Waals surface area contributed by atoms with Gasteiger partial charge in [-0.05, 0) is 24.3 Å². The van der Waals surface area contributed by atoms with Crippen LogP contribution in [0, 0.1) is 0 Å². The van der Waals surface area contributed by atoms with Crippen LogP contribution >= 0.6 is 0 Å². The summed E-state index contributed by atoms with van der Waals surface area (Å²) < 4.78 is 44.0. The molecule has 0 radical (unpaired) electrons. The second-order valence-electron chi connectivity index (χ2n) is 7.05. The van der Waals surface area contributed by atoms with Crippen LogP contribution in [0.3, 0.4) is 0 Å². The zero-order valence-electron chi connectivity index (χ0n) is 16.3. The van der Waals surface area contributed by atoms with Crippen molar-refractivity contribution in [3.05, 3.63) is 59.7 Å². The van der Waals surface area contributed by atoms with Crippen LogP contribution < -0.4 is 19.9 Å². The highest BCUT2D eigenvalue weighted by Crippen LogP contribution is 2.31. The molecule has 1 saturated heterocycles. The summed E-state index contributed by atoms with van der Waals surface area (Å²) in [4.78, 5) is 15.3. The normalized spacial score (nSPS) is 15.2. The second kappa shape index (κ2) is 9.17. The molecule has 5 nitrogen and oxygen atoms in total. The van der Waals surface area contributed by atoms with Gasteiger partial charge in [0, 0.05) is 17.8 Å². The van der Waals surface area contributed by atoms with Crippen molar-refractivity contribution in [2.24, 2.45) is 0 Å². The minimum Gasteiger partial charge on any atom is -0.496 e. The molecule has 3 rings (SSSR count). The lowest BCUT2D eigenvalue weighted by Crippen LogP contribution is -3.15. The number of hydrogen-bond donors (Lipinski definition) is 2. The Morgan fingerprint density at radius 3 is 2.55 bits per heavy atom. The van der Waals surface area contributed by atoms with Gasteiger partial charge in [-0.25, -0.2) is 0 Å². The van der Waals surface area contributed by atoms with Crippen LogP contribution in [0.15, 0.2) is 48.5 Å². The van der Waals surface area contributed by atoms with E-state index >= 15 is 0 Å². The summed E-state index contributed by atoms with van der Waals surface area (Å²) >= 11 is 0. The summed E-state index contributed by atoms with van der Waals surface area (Å²) in [5.74, 6) is 0.674. The fourth-order valence-electron chi connectivity index (χ4n) is 3.47. The van der Waals surface area contributed by atoms with Crippen molar-refractivity contribution in [2.45, 2.75) is 12.7 Å². The number of anilines is 1. The Balaban J connectivity index is 1.48. The molecule has 0 bridgehead atoms. The van der Waals surface area contributed by atoms with E-state index in [1.807, 2.05) is 29.2 Å². The molecular weight excluding hydrogens is 383 g/mol. The number of nitrogens with zero attached hydrogens (tertiary/aromatic N) is 1. The van der Waals surface area contributed by atoms with Crippen molar-refractivity contribution < 1.29 is 27.6 Å². The molecule has 1 aliphatic heterocycles. The molecule has 0 atom stereocenters. The Morgan fingerprint density at radius 1 is 1.14 bits per heavy atom. The molecule has 29 heavy (non-hydrogen) atoms. The van der Waals surface area contributed by atoms with Gasteiger partial charge in [0.25, 0.3) is 5.91 Å². The van der Waals surface area contributed by atoms with Crippen LogP contribution in [-0.2, 0) is 17.5 Å². The Bertz CT molecular complexity index is 834. The topological polar surface area (TPSA) is 46.0 Å². The maximum absolute atomic E-state index is 12.9. The number of halogens is 3. The Kier molecular flexibility index (Phi) is 6.64. The number of alkyl halides is 3.